The lowest BCUT2D eigenvalue weighted by Crippen LogP contribution is -2.09. The van der Waals surface area contributed by atoms with Crippen LogP contribution in [0.1, 0.15) is 50.5 Å². The normalized spacial score (nSPS) is 10.3. The second-order valence-corrected chi connectivity index (χ2v) is 6.47. The summed E-state index contributed by atoms with van der Waals surface area (Å²) in [5.74, 6) is -0.638. The zero-order chi connectivity index (χ0) is 22.2. The Labute approximate surface area is 180 Å². The molecule has 3 rings (SSSR count). The topological polar surface area (TPSA) is 78.9 Å². The molecule has 158 valence electrons. The molecule has 0 unspecified atom stereocenters. The highest BCUT2D eigenvalue weighted by molar-refractivity contribution is 6.09. The minimum atomic E-state index is -0.566. The lowest BCUT2D eigenvalue weighted by molar-refractivity contribution is 0.0509. The van der Waals surface area contributed by atoms with E-state index in [0.717, 1.165) is 0 Å². The van der Waals surface area contributed by atoms with E-state index in [1.165, 1.54) is 18.2 Å². The van der Waals surface area contributed by atoms with E-state index in [4.69, 9.17) is 14.2 Å². The fraction of sp³-hybridized carbons (Fsp3) is 0.160. The molecule has 0 saturated heterocycles. The van der Waals surface area contributed by atoms with Crippen LogP contribution in [0.2, 0.25) is 0 Å². The molecule has 0 radical (unpaired) electrons. The van der Waals surface area contributed by atoms with Crippen LogP contribution in [0.25, 0.3) is 0 Å². The van der Waals surface area contributed by atoms with Crippen molar-refractivity contribution in [3.8, 4) is 11.5 Å². The Morgan fingerprint density at radius 2 is 1.26 bits per heavy atom. The molecule has 0 aromatic heterocycles. The molecular formula is C25H22O6. The predicted molar refractivity (Wildman–Crippen MR) is 115 cm³/mol. The van der Waals surface area contributed by atoms with Crippen LogP contribution in [0, 0.1) is 0 Å². The summed E-state index contributed by atoms with van der Waals surface area (Å²) in [5, 5.41) is 0. The lowest BCUT2D eigenvalue weighted by atomic mass is 10.0. The maximum atomic E-state index is 12.6. The number of benzene rings is 3. The molecule has 3 aromatic rings. The van der Waals surface area contributed by atoms with E-state index in [-0.39, 0.29) is 35.9 Å². The summed E-state index contributed by atoms with van der Waals surface area (Å²) in [6.45, 7) is 3.84. The van der Waals surface area contributed by atoms with E-state index in [0.29, 0.717) is 16.9 Å². The zero-order valence-corrected chi connectivity index (χ0v) is 17.3. The van der Waals surface area contributed by atoms with Gasteiger partial charge in [-0.15, -0.1) is 0 Å². The second kappa shape index (κ2) is 10.2. The molecule has 3 aromatic carbocycles. The van der Waals surface area contributed by atoms with Crippen molar-refractivity contribution in [3.05, 3.63) is 95.1 Å². The molecule has 0 N–H and O–H groups in total. The van der Waals surface area contributed by atoms with E-state index in [2.05, 4.69) is 0 Å². The molecule has 0 heterocycles. The summed E-state index contributed by atoms with van der Waals surface area (Å²) < 4.78 is 16.0. The molecule has 6 nitrogen and oxygen atoms in total. The average Bonchev–Trinajstić information content (AvgIpc) is 2.80. The Bertz CT molecular complexity index is 1070. The Balaban J connectivity index is 1.87. The Morgan fingerprint density at radius 1 is 0.677 bits per heavy atom. The van der Waals surface area contributed by atoms with E-state index in [9.17, 15) is 14.4 Å². The highest BCUT2D eigenvalue weighted by Gasteiger charge is 2.18. The third-order valence-corrected chi connectivity index (χ3v) is 4.37. The van der Waals surface area contributed by atoms with Gasteiger partial charge in [0, 0.05) is 11.1 Å². The van der Waals surface area contributed by atoms with Crippen molar-refractivity contribution in [3.63, 3.8) is 0 Å². The lowest BCUT2D eigenvalue weighted by Gasteiger charge is -2.12. The molecule has 0 fully saturated rings. The molecule has 0 atom stereocenters. The first-order valence-electron chi connectivity index (χ1n) is 9.89. The fourth-order valence-corrected chi connectivity index (χ4v) is 2.88. The number of carbonyl (C=O) groups excluding carboxylic acids is 3. The monoisotopic (exact) mass is 418 g/mol. The van der Waals surface area contributed by atoms with Gasteiger partial charge in [0.2, 0.25) is 0 Å². The number of ketones is 1. The van der Waals surface area contributed by atoms with Crippen LogP contribution in [-0.4, -0.2) is 30.9 Å². The van der Waals surface area contributed by atoms with Gasteiger partial charge in [-0.2, -0.15) is 0 Å². The van der Waals surface area contributed by atoms with Crippen molar-refractivity contribution in [1.29, 1.82) is 0 Å². The summed E-state index contributed by atoms with van der Waals surface area (Å²) in [5.41, 5.74) is 1.52. The van der Waals surface area contributed by atoms with Gasteiger partial charge in [-0.25, -0.2) is 9.59 Å². The predicted octanol–water partition coefficient (Wildman–Crippen LogP) is 5.06. The second-order valence-electron chi connectivity index (χ2n) is 6.47. The summed E-state index contributed by atoms with van der Waals surface area (Å²) in [4.78, 5) is 36.9. The molecule has 0 aliphatic carbocycles. The highest BCUT2D eigenvalue weighted by atomic mass is 16.5. The Morgan fingerprint density at radius 3 is 1.90 bits per heavy atom. The van der Waals surface area contributed by atoms with Crippen LogP contribution >= 0.6 is 0 Å². The van der Waals surface area contributed by atoms with Crippen LogP contribution in [0.5, 0.6) is 11.5 Å². The third kappa shape index (κ3) is 5.36. The number of hydrogen-bond donors (Lipinski definition) is 0. The molecule has 0 aliphatic heterocycles. The molecule has 31 heavy (non-hydrogen) atoms. The first kappa shape index (κ1) is 21.8. The van der Waals surface area contributed by atoms with Gasteiger partial charge in [0.05, 0.1) is 18.8 Å². The molecule has 0 amide bonds. The third-order valence-electron chi connectivity index (χ3n) is 4.37. The maximum Gasteiger partial charge on any atom is 0.341 e. The van der Waals surface area contributed by atoms with Crippen molar-refractivity contribution < 1.29 is 28.6 Å². The van der Waals surface area contributed by atoms with Gasteiger partial charge in [0.1, 0.15) is 17.1 Å². The Kier molecular flexibility index (Phi) is 7.17. The minimum Gasteiger partial charge on any atom is -0.462 e. The first-order valence-corrected chi connectivity index (χ1v) is 9.89. The summed E-state index contributed by atoms with van der Waals surface area (Å²) in [7, 11) is 0. The quantitative estimate of drug-likeness (QED) is 0.376. The highest BCUT2D eigenvalue weighted by Crippen LogP contribution is 2.28. The van der Waals surface area contributed by atoms with Gasteiger partial charge in [0.15, 0.2) is 5.78 Å². The van der Waals surface area contributed by atoms with Crippen LogP contribution in [-0.2, 0) is 9.47 Å². The van der Waals surface area contributed by atoms with E-state index < -0.39 is 11.9 Å². The van der Waals surface area contributed by atoms with Crippen molar-refractivity contribution in [2.45, 2.75) is 13.8 Å². The number of ether oxygens (including phenoxy) is 3. The molecule has 0 aliphatic rings. The van der Waals surface area contributed by atoms with Crippen molar-refractivity contribution >= 4 is 17.7 Å². The number of esters is 2. The van der Waals surface area contributed by atoms with Gasteiger partial charge < -0.3 is 14.2 Å². The van der Waals surface area contributed by atoms with Gasteiger partial charge in [0.25, 0.3) is 0 Å². The van der Waals surface area contributed by atoms with Gasteiger partial charge in [-0.05, 0) is 56.3 Å². The number of carbonyl (C=O) groups is 3. The van der Waals surface area contributed by atoms with Crippen LogP contribution in [0.3, 0.4) is 0 Å². The van der Waals surface area contributed by atoms with E-state index >= 15 is 0 Å². The maximum absolute atomic E-state index is 12.6. The van der Waals surface area contributed by atoms with Gasteiger partial charge in [-0.1, -0.05) is 30.3 Å². The molecule has 0 spiro atoms. The van der Waals surface area contributed by atoms with Crippen LogP contribution in [0.15, 0.2) is 72.8 Å². The fourth-order valence-electron chi connectivity index (χ4n) is 2.88. The zero-order valence-electron chi connectivity index (χ0n) is 17.3. The van der Waals surface area contributed by atoms with Crippen molar-refractivity contribution in [1.82, 2.24) is 0 Å². The van der Waals surface area contributed by atoms with Crippen LogP contribution < -0.4 is 4.74 Å². The molecule has 0 bridgehead atoms. The largest absolute Gasteiger partial charge is 0.462 e. The number of rotatable bonds is 8. The smallest absolute Gasteiger partial charge is 0.341 e. The van der Waals surface area contributed by atoms with E-state index in [1.54, 1.807) is 62.4 Å². The molecule has 6 heteroatoms. The standard InChI is InChI=1S/C25H22O6/c1-3-29-24(27)19-12-15-21(25(28)30-4-2)22(16-19)31-20-13-10-18(11-14-20)23(26)17-8-6-5-7-9-17/h5-16H,3-4H2,1-2H3. The first-order chi connectivity index (χ1) is 15.0. The number of hydrogen-bond acceptors (Lipinski definition) is 6. The average molecular weight is 418 g/mol. The summed E-state index contributed by atoms with van der Waals surface area (Å²) in [6.07, 6.45) is 0. The van der Waals surface area contributed by atoms with Crippen molar-refractivity contribution in [2.24, 2.45) is 0 Å². The van der Waals surface area contributed by atoms with Crippen LogP contribution in [0.4, 0.5) is 0 Å². The van der Waals surface area contributed by atoms with Gasteiger partial charge >= 0.3 is 11.9 Å². The minimum absolute atomic E-state index is 0.108. The molecular weight excluding hydrogens is 396 g/mol. The van der Waals surface area contributed by atoms with E-state index in [1.807, 2.05) is 6.07 Å². The molecule has 0 saturated carbocycles. The Hall–Kier alpha value is -3.93. The van der Waals surface area contributed by atoms with Gasteiger partial charge in [-0.3, -0.25) is 4.79 Å². The summed E-state index contributed by atoms with van der Waals surface area (Å²) in [6, 6.07) is 19.9. The van der Waals surface area contributed by atoms with Crippen molar-refractivity contribution in [2.75, 3.05) is 13.2 Å². The summed E-state index contributed by atoms with van der Waals surface area (Å²) >= 11 is 0. The SMILES string of the molecule is CCOC(=O)c1ccc(C(=O)OCC)c(Oc2ccc(C(=O)c3ccccc3)cc2)c1.